The van der Waals surface area contributed by atoms with Gasteiger partial charge in [0.25, 0.3) is 0 Å². The van der Waals surface area contributed by atoms with Crippen molar-refractivity contribution in [2.24, 2.45) is 0 Å². The van der Waals surface area contributed by atoms with Gasteiger partial charge in [-0.2, -0.15) is 0 Å². The van der Waals surface area contributed by atoms with E-state index in [9.17, 15) is 9.59 Å². The number of benzene rings is 2. The highest BCUT2D eigenvalue weighted by Gasteiger charge is 2.28. The van der Waals surface area contributed by atoms with Crippen LogP contribution >= 0.6 is 11.3 Å². The third-order valence-electron chi connectivity index (χ3n) is 7.87. The Kier molecular flexibility index (Phi) is 7.56. The smallest absolute Gasteiger partial charge is 0.410 e. The van der Waals surface area contributed by atoms with Crippen LogP contribution in [0.4, 0.5) is 4.79 Å². The van der Waals surface area contributed by atoms with Crippen LogP contribution in [0, 0.1) is 13.8 Å². The van der Waals surface area contributed by atoms with Gasteiger partial charge in [-0.05, 0) is 74.6 Å². The molecule has 218 valence electrons. The maximum atomic E-state index is 12.7. The highest BCUT2D eigenvalue weighted by molar-refractivity contribution is 7.15. The fourth-order valence-corrected chi connectivity index (χ4v) is 6.83. The van der Waals surface area contributed by atoms with Crippen molar-refractivity contribution >= 4 is 34.6 Å². The predicted octanol–water partition coefficient (Wildman–Crippen LogP) is 7.73. The Bertz CT molecular complexity index is 1870. The lowest BCUT2D eigenvalue weighted by atomic mass is 9.90. The zero-order valence-corrected chi connectivity index (χ0v) is 25.9. The summed E-state index contributed by atoms with van der Waals surface area (Å²) in [5, 5.41) is 1.89. The molecule has 2 aromatic carbocycles. The normalized spacial score (nSPS) is 13.2. The van der Waals surface area contributed by atoms with Crippen molar-refractivity contribution in [1.82, 2.24) is 19.9 Å². The molecule has 8 heteroatoms. The largest absolute Gasteiger partial charge is 0.444 e. The number of carbonyl (C=O) groups is 2. The third kappa shape index (κ3) is 5.79. The van der Waals surface area contributed by atoms with E-state index in [0.29, 0.717) is 25.1 Å². The van der Waals surface area contributed by atoms with Gasteiger partial charge in [-0.25, -0.2) is 9.78 Å². The summed E-state index contributed by atoms with van der Waals surface area (Å²) in [6.07, 6.45) is 5.28. The number of fused-ring (bicyclic) bond motifs is 2. The van der Waals surface area contributed by atoms with E-state index in [1.54, 1.807) is 28.6 Å². The van der Waals surface area contributed by atoms with Crippen molar-refractivity contribution in [1.29, 1.82) is 0 Å². The van der Waals surface area contributed by atoms with Crippen molar-refractivity contribution in [3.05, 3.63) is 99.4 Å². The minimum absolute atomic E-state index is 0.276. The Labute approximate surface area is 255 Å². The first kappa shape index (κ1) is 28.7. The van der Waals surface area contributed by atoms with Crippen LogP contribution in [0.15, 0.2) is 60.9 Å². The Morgan fingerprint density at radius 1 is 1.02 bits per heavy atom. The number of hydrogen-bond acceptors (Lipinski definition) is 7. The molecule has 0 N–H and O–H groups in total. The standard InChI is InChI=1S/C35H34N4O3S/c1-21-24(17-30-32-25(12-14-36-30)16-23(20-40)18-37-32)8-6-9-26(21)27-10-7-11-28(22(27)2)33-38-29-13-15-39(19-31(29)43-33)34(41)42-35(3,4)5/h6-12,14,16,18,20H,13,15,17,19H2,1-5H3. The van der Waals surface area contributed by atoms with Gasteiger partial charge in [0.1, 0.15) is 10.6 Å². The number of aldehydes is 1. The molecule has 0 spiro atoms. The van der Waals surface area contributed by atoms with Gasteiger partial charge in [0, 0.05) is 53.2 Å². The first-order chi connectivity index (χ1) is 20.6. The molecule has 0 atom stereocenters. The lowest BCUT2D eigenvalue weighted by molar-refractivity contribution is 0.0225. The Morgan fingerprint density at radius 3 is 2.53 bits per heavy atom. The minimum Gasteiger partial charge on any atom is -0.444 e. The van der Waals surface area contributed by atoms with E-state index in [1.807, 2.05) is 32.9 Å². The molecule has 0 aliphatic carbocycles. The fraction of sp³-hybridized carbons (Fsp3) is 0.286. The Balaban J connectivity index is 1.30. The van der Waals surface area contributed by atoms with Crippen LogP contribution in [0.5, 0.6) is 0 Å². The molecular formula is C35H34N4O3S. The molecular weight excluding hydrogens is 556 g/mol. The van der Waals surface area contributed by atoms with E-state index in [4.69, 9.17) is 9.72 Å². The number of nitrogens with zero attached hydrogens (tertiary/aromatic N) is 4. The quantitative estimate of drug-likeness (QED) is 0.195. The molecule has 0 bridgehead atoms. The molecule has 3 aromatic heterocycles. The summed E-state index contributed by atoms with van der Waals surface area (Å²) in [7, 11) is 0. The van der Waals surface area contributed by atoms with Crippen molar-refractivity contribution in [2.45, 2.75) is 59.6 Å². The molecule has 1 aliphatic rings. The summed E-state index contributed by atoms with van der Waals surface area (Å²) in [4.78, 5) is 41.0. The monoisotopic (exact) mass is 590 g/mol. The lowest BCUT2D eigenvalue weighted by Gasteiger charge is -2.29. The highest BCUT2D eigenvalue weighted by Crippen LogP contribution is 2.38. The van der Waals surface area contributed by atoms with Crippen LogP contribution in [0.3, 0.4) is 0 Å². The number of pyridine rings is 2. The number of thiazole rings is 1. The number of carbonyl (C=O) groups excluding carboxylic acids is 2. The van der Waals surface area contributed by atoms with Crippen LogP contribution in [-0.4, -0.2) is 44.4 Å². The molecule has 1 amide bonds. The van der Waals surface area contributed by atoms with Gasteiger partial charge in [-0.1, -0.05) is 36.4 Å². The Hall–Kier alpha value is -4.43. The third-order valence-corrected chi connectivity index (χ3v) is 8.99. The van der Waals surface area contributed by atoms with Crippen molar-refractivity contribution in [3.63, 3.8) is 0 Å². The molecule has 0 fully saturated rings. The molecule has 4 heterocycles. The molecule has 0 radical (unpaired) electrons. The summed E-state index contributed by atoms with van der Waals surface area (Å²) in [5.41, 5.74) is 9.79. The Morgan fingerprint density at radius 2 is 1.77 bits per heavy atom. The van der Waals surface area contributed by atoms with Crippen LogP contribution < -0.4 is 0 Å². The van der Waals surface area contributed by atoms with Crippen LogP contribution in [0.1, 0.15) is 64.1 Å². The molecule has 1 aliphatic heterocycles. The van der Waals surface area contributed by atoms with Crippen LogP contribution in [0.2, 0.25) is 0 Å². The van der Waals surface area contributed by atoms with Crippen LogP contribution in [-0.2, 0) is 24.1 Å². The van der Waals surface area contributed by atoms with Gasteiger partial charge >= 0.3 is 6.09 Å². The number of aromatic nitrogens is 3. The van der Waals surface area contributed by atoms with Gasteiger partial charge in [-0.15, -0.1) is 11.3 Å². The van der Waals surface area contributed by atoms with E-state index in [-0.39, 0.29) is 6.09 Å². The second kappa shape index (κ2) is 11.3. The van der Waals surface area contributed by atoms with Crippen molar-refractivity contribution in [3.8, 4) is 21.7 Å². The van der Waals surface area contributed by atoms with Gasteiger partial charge in [-0.3, -0.25) is 14.8 Å². The molecule has 43 heavy (non-hydrogen) atoms. The first-order valence-electron chi connectivity index (χ1n) is 14.5. The molecule has 0 saturated heterocycles. The number of amides is 1. The number of rotatable bonds is 5. The fourth-order valence-electron chi connectivity index (χ4n) is 5.63. The topological polar surface area (TPSA) is 85.3 Å². The van der Waals surface area contributed by atoms with Crippen molar-refractivity contribution < 1.29 is 14.3 Å². The maximum absolute atomic E-state index is 12.7. The van der Waals surface area contributed by atoms with Gasteiger partial charge in [0.2, 0.25) is 0 Å². The van der Waals surface area contributed by atoms with E-state index in [1.165, 1.54) is 27.8 Å². The SMILES string of the molecule is Cc1c(Cc2nccc3cc(C=O)cnc23)cccc1-c1cccc(-c2nc3c(s2)CN(C(=O)OC(C)(C)C)CC3)c1C. The molecule has 5 aromatic rings. The van der Waals surface area contributed by atoms with Crippen LogP contribution in [0.25, 0.3) is 32.6 Å². The predicted molar refractivity (Wildman–Crippen MR) is 171 cm³/mol. The minimum atomic E-state index is -0.521. The summed E-state index contributed by atoms with van der Waals surface area (Å²) >= 11 is 1.66. The van der Waals surface area contributed by atoms with Gasteiger partial charge in [0.15, 0.2) is 6.29 Å². The summed E-state index contributed by atoms with van der Waals surface area (Å²) in [5.74, 6) is 0. The van der Waals surface area contributed by atoms with E-state index < -0.39 is 5.60 Å². The average Bonchev–Trinajstić information content (AvgIpc) is 3.41. The molecule has 6 rings (SSSR count). The number of hydrogen-bond donors (Lipinski definition) is 0. The highest BCUT2D eigenvalue weighted by atomic mass is 32.1. The van der Waals surface area contributed by atoms with Gasteiger partial charge < -0.3 is 9.64 Å². The summed E-state index contributed by atoms with van der Waals surface area (Å²) < 4.78 is 5.61. The summed E-state index contributed by atoms with van der Waals surface area (Å²) in [6.45, 7) is 11.1. The zero-order valence-electron chi connectivity index (χ0n) is 25.1. The zero-order chi connectivity index (χ0) is 30.3. The second-order valence-electron chi connectivity index (χ2n) is 12.0. The first-order valence-corrected chi connectivity index (χ1v) is 15.3. The van der Waals surface area contributed by atoms with Gasteiger partial charge in [0.05, 0.1) is 23.4 Å². The molecule has 7 nitrogen and oxygen atoms in total. The van der Waals surface area contributed by atoms with E-state index in [2.05, 4.69) is 60.2 Å². The lowest BCUT2D eigenvalue weighted by Crippen LogP contribution is -2.39. The van der Waals surface area contributed by atoms with E-state index >= 15 is 0 Å². The number of ether oxygens (including phenoxy) is 1. The van der Waals surface area contributed by atoms with E-state index in [0.717, 1.165) is 50.4 Å². The van der Waals surface area contributed by atoms with Crippen molar-refractivity contribution in [2.75, 3.05) is 6.54 Å². The second-order valence-corrected chi connectivity index (χ2v) is 13.1. The average molecular weight is 591 g/mol. The molecule has 0 unspecified atom stereocenters. The summed E-state index contributed by atoms with van der Waals surface area (Å²) in [6, 6.07) is 16.5. The maximum Gasteiger partial charge on any atom is 0.410 e. The molecule has 0 saturated carbocycles.